The number of thioether (sulfide) groups is 1. The lowest BCUT2D eigenvalue weighted by Gasteiger charge is -2.15. The number of ether oxygens (including phenoxy) is 1. The van der Waals surface area contributed by atoms with Gasteiger partial charge in [0.25, 0.3) is 0 Å². The molecule has 2 N–H and O–H groups in total. The average Bonchev–Trinajstić information content (AvgIpc) is 3.22. The van der Waals surface area contributed by atoms with E-state index in [4.69, 9.17) is 16.3 Å². The number of hydrogen-bond donors (Lipinski definition) is 2. The van der Waals surface area contributed by atoms with Crippen LogP contribution in [0.5, 0.6) is 5.75 Å². The van der Waals surface area contributed by atoms with Crippen molar-refractivity contribution in [1.29, 1.82) is 0 Å². The molecule has 0 unspecified atom stereocenters. The summed E-state index contributed by atoms with van der Waals surface area (Å²) in [6.07, 6.45) is 1.95. The van der Waals surface area contributed by atoms with Gasteiger partial charge in [0.05, 0.1) is 25.3 Å². The minimum absolute atomic E-state index is 0.137. The Morgan fingerprint density at radius 3 is 2.50 bits per heavy atom. The maximum Gasteiger partial charge on any atom is 0.234 e. The van der Waals surface area contributed by atoms with Gasteiger partial charge in [0, 0.05) is 17.3 Å². The van der Waals surface area contributed by atoms with Gasteiger partial charge < -0.3 is 19.9 Å². The first-order valence-corrected chi connectivity index (χ1v) is 11.9. The van der Waals surface area contributed by atoms with Crippen molar-refractivity contribution >= 4 is 40.9 Å². The molecule has 0 saturated heterocycles. The Balaban J connectivity index is 1.60. The largest absolute Gasteiger partial charge is 0.497 e. The molecule has 178 valence electrons. The zero-order valence-electron chi connectivity index (χ0n) is 19.0. The number of nitrogens with one attached hydrogen (secondary N) is 2. The molecule has 1 aromatic heterocycles. The third-order valence-electron chi connectivity index (χ3n) is 4.81. The van der Waals surface area contributed by atoms with Gasteiger partial charge in [-0.2, -0.15) is 0 Å². The molecule has 0 aliphatic heterocycles. The summed E-state index contributed by atoms with van der Waals surface area (Å²) < 4.78 is 6.98. The van der Waals surface area contributed by atoms with Crippen LogP contribution in [0.25, 0.3) is 0 Å². The van der Waals surface area contributed by atoms with Crippen molar-refractivity contribution in [3.8, 4) is 5.75 Å². The number of anilines is 1. The lowest BCUT2D eigenvalue weighted by molar-refractivity contribution is -0.121. The van der Waals surface area contributed by atoms with Crippen molar-refractivity contribution in [2.24, 2.45) is 0 Å². The molecule has 0 fully saturated rings. The van der Waals surface area contributed by atoms with Crippen LogP contribution in [0.15, 0.2) is 66.3 Å². The summed E-state index contributed by atoms with van der Waals surface area (Å²) in [6.45, 7) is 6.08. The first kappa shape index (κ1) is 25.3. The predicted octanol–water partition coefficient (Wildman–Crippen LogP) is 4.28. The number of carbonyl (C=O) groups is 2. The maximum absolute atomic E-state index is 12.5. The third kappa shape index (κ3) is 7.10. The monoisotopic (exact) mass is 499 g/mol. The smallest absolute Gasteiger partial charge is 0.234 e. The van der Waals surface area contributed by atoms with Gasteiger partial charge in [-0.3, -0.25) is 9.59 Å². The Bertz CT molecular complexity index is 1130. The molecular formula is C24H26ClN5O3S. The van der Waals surface area contributed by atoms with E-state index in [0.29, 0.717) is 28.2 Å². The van der Waals surface area contributed by atoms with Crippen LogP contribution in [0.1, 0.15) is 24.4 Å². The first-order chi connectivity index (χ1) is 16.4. The van der Waals surface area contributed by atoms with Crippen molar-refractivity contribution in [2.45, 2.75) is 31.1 Å². The van der Waals surface area contributed by atoms with E-state index in [1.807, 2.05) is 35.8 Å². The summed E-state index contributed by atoms with van der Waals surface area (Å²) in [5.74, 6) is 1.16. The number of carbonyl (C=O) groups excluding carboxylic acids is 2. The van der Waals surface area contributed by atoms with E-state index in [0.717, 1.165) is 11.3 Å². The van der Waals surface area contributed by atoms with E-state index >= 15 is 0 Å². The molecule has 0 radical (unpaired) electrons. The number of nitrogens with zero attached hydrogens (tertiary/aromatic N) is 3. The van der Waals surface area contributed by atoms with Gasteiger partial charge in [0.15, 0.2) is 11.0 Å². The van der Waals surface area contributed by atoms with Gasteiger partial charge in [-0.25, -0.2) is 0 Å². The number of allylic oxidation sites excluding steroid dienone is 1. The fourth-order valence-corrected chi connectivity index (χ4v) is 4.05. The second-order valence-electron chi connectivity index (χ2n) is 7.40. The number of benzene rings is 2. The lowest BCUT2D eigenvalue weighted by Crippen LogP contribution is -2.30. The molecule has 3 aromatic rings. The third-order valence-corrected chi connectivity index (χ3v) is 6.02. The highest BCUT2D eigenvalue weighted by molar-refractivity contribution is 7.99. The van der Waals surface area contributed by atoms with Crippen LogP contribution in [0.4, 0.5) is 5.69 Å². The summed E-state index contributed by atoms with van der Waals surface area (Å²) in [7, 11) is 1.60. The summed E-state index contributed by atoms with van der Waals surface area (Å²) in [5, 5.41) is 15.4. The molecule has 1 heterocycles. The number of rotatable bonds is 11. The quantitative estimate of drug-likeness (QED) is 0.302. The molecule has 0 aliphatic rings. The molecule has 10 heteroatoms. The van der Waals surface area contributed by atoms with E-state index in [9.17, 15) is 9.59 Å². The maximum atomic E-state index is 12.5. The van der Waals surface area contributed by atoms with Crippen LogP contribution >= 0.6 is 23.4 Å². The Morgan fingerprint density at radius 1 is 1.15 bits per heavy atom. The highest BCUT2D eigenvalue weighted by Gasteiger charge is 2.20. The molecule has 8 nitrogen and oxygen atoms in total. The zero-order valence-corrected chi connectivity index (χ0v) is 20.5. The second kappa shape index (κ2) is 12.2. The van der Waals surface area contributed by atoms with Gasteiger partial charge in [-0.15, -0.1) is 16.8 Å². The van der Waals surface area contributed by atoms with E-state index in [1.54, 1.807) is 37.5 Å². The van der Waals surface area contributed by atoms with Crippen LogP contribution in [-0.2, 0) is 22.6 Å². The van der Waals surface area contributed by atoms with Gasteiger partial charge in [-0.05, 0) is 48.9 Å². The van der Waals surface area contributed by atoms with Crippen LogP contribution in [0.2, 0.25) is 5.02 Å². The molecule has 2 aromatic carbocycles. The Hall–Kier alpha value is -3.30. The topological polar surface area (TPSA) is 98.1 Å². The summed E-state index contributed by atoms with van der Waals surface area (Å²) in [5.41, 5.74) is 1.54. The molecule has 0 bridgehead atoms. The summed E-state index contributed by atoms with van der Waals surface area (Å²) >= 11 is 7.13. The van der Waals surface area contributed by atoms with Crippen molar-refractivity contribution in [2.75, 3.05) is 18.2 Å². The highest BCUT2D eigenvalue weighted by Crippen LogP contribution is 2.22. The lowest BCUT2D eigenvalue weighted by atomic mass is 10.1. The Labute approximate surface area is 207 Å². The van der Waals surface area contributed by atoms with Crippen molar-refractivity contribution in [3.05, 3.63) is 77.6 Å². The van der Waals surface area contributed by atoms with Crippen LogP contribution in [0, 0.1) is 0 Å². The first-order valence-electron chi connectivity index (χ1n) is 10.5. The van der Waals surface area contributed by atoms with Gasteiger partial charge in [0.2, 0.25) is 11.8 Å². The van der Waals surface area contributed by atoms with Crippen molar-refractivity contribution in [1.82, 2.24) is 20.1 Å². The number of aromatic nitrogens is 3. The number of hydrogen-bond acceptors (Lipinski definition) is 6. The van der Waals surface area contributed by atoms with Crippen molar-refractivity contribution in [3.63, 3.8) is 0 Å². The van der Waals surface area contributed by atoms with Gasteiger partial charge in [-0.1, -0.05) is 41.6 Å². The number of halogens is 1. The standard InChI is InChI=1S/C24H26ClN5O3S/c1-4-13-30-23(16(2)26-21(31)14-17-5-11-20(33-3)12-6-17)28-29-24(30)34-15-22(32)27-19-9-7-18(25)8-10-19/h4-12,16H,1,13-15H2,2-3H3,(H,26,31)(H,27,32)/t16-/m0/s1. The van der Waals surface area contributed by atoms with Crippen LogP contribution in [0.3, 0.4) is 0 Å². The average molecular weight is 500 g/mol. The minimum atomic E-state index is -0.379. The highest BCUT2D eigenvalue weighted by atomic mass is 35.5. The van der Waals surface area contributed by atoms with Crippen LogP contribution < -0.4 is 15.4 Å². The van der Waals surface area contributed by atoms with Gasteiger partial charge >= 0.3 is 0 Å². The second-order valence-corrected chi connectivity index (χ2v) is 8.78. The molecule has 1 atom stereocenters. The molecule has 0 aliphatic carbocycles. The Kier molecular flexibility index (Phi) is 9.12. The molecule has 3 rings (SSSR count). The zero-order chi connectivity index (χ0) is 24.5. The molecule has 34 heavy (non-hydrogen) atoms. The van der Waals surface area contributed by atoms with E-state index in [2.05, 4.69) is 27.4 Å². The summed E-state index contributed by atoms with van der Waals surface area (Å²) in [6, 6.07) is 13.9. The normalized spacial score (nSPS) is 11.5. The van der Waals surface area contributed by atoms with E-state index in [-0.39, 0.29) is 30.0 Å². The fourth-order valence-electron chi connectivity index (χ4n) is 3.17. The van der Waals surface area contributed by atoms with Gasteiger partial charge in [0.1, 0.15) is 5.75 Å². The van der Waals surface area contributed by atoms with Crippen molar-refractivity contribution < 1.29 is 14.3 Å². The molecule has 0 saturated carbocycles. The van der Waals surface area contributed by atoms with Crippen LogP contribution in [-0.4, -0.2) is 39.4 Å². The minimum Gasteiger partial charge on any atom is -0.497 e. The molecule has 2 amide bonds. The van der Waals surface area contributed by atoms with E-state index < -0.39 is 0 Å². The number of amides is 2. The van der Waals surface area contributed by atoms with E-state index in [1.165, 1.54) is 11.8 Å². The fraction of sp³-hybridized carbons (Fsp3) is 0.250. The molecular weight excluding hydrogens is 474 g/mol. The SMILES string of the molecule is C=CCn1c(SCC(=O)Nc2ccc(Cl)cc2)nnc1[C@H](C)NC(=O)Cc1ccc(OC)cc1. The molecule has 0 spiro atoms. The summed E-state index contributed by atoms with van der Waals surface area (Å²) in [4.78, 5) is 24.9. The Morgan fingerprint density at radius 2 is 1.85 bits per heavy atom. The predicted molar refractivity (Wildman–Crippen MR) is 134 cm³/mol. The number of methoxy groups -OCH3 is 1.